The fourth-order valence-corrected chi connectivity index (χ4v) is 2.73. The van der Waals surface area contributed by atoms with Crippen LogP contribution in [0.2, 0.25) is 5.02 Å². The van der Waals surface area contributed by atoms with Crippen molar-refractivity contribution in [3.8, 4) is 0 Å². The average Bonchev–Trinajstić information content (AvgIpc) is 3.02. The van der Waals surface area contributed by atoms with Gasteiger partial charge >= 0.3 is 0 Å². The molecule has 0 aliphatic carbocycles. The molecule has 0 fully saturated rings. The number of hydrogen-bond acceptors (Lipinski definition) is 3. The number of aryl methyl sites for hydroxylation is 1. The molecule has 1 N–H and O–H groups in total. The van der Waals surface area contributed by atoms with Crippen molar-refractivity contribution in [2.45, 2.75) is 38.9 Å². The normalized spacial score (nSPS) is 15.3. The number of rotatable bonds is 4. The van der Waals surface area contributed by atoms with E-state index in [4.69, 9.17) is 11.6 Å². The van der Waals surface area contributed by atoms with Crippen molar-refractivity contribution in [3.63, 3.8) is 0 Å². The molecule has 1 aliphatic rings. The van der Waals surface area contributed by atoms with Crippen molar-refractivity contribution in [1.82, 2.24) is 20.1 Å². The Hall–Kier alpha value is -1.46. The van der Waals surface area contributed by atoms with E-state index in [-0.39, 0.29) is 16.9 Å². The number of hydrogen-bond donors (Lipinski definition) is 1. The molecule has 0 saturated carbocycles. The van der Waals surface area contributed by atoms with E-state index in [0.717, 1.165) is 31.0 Å². The van der Waals surface area contributed by atoms with Crippen molar-refractivity contribution in [2.24, 2.45) is 0 Å². The fraction of sp³-hybridized carbons (Fsp3) is 0.429. The number of nitrogens with one attached hydrogen (secondary N) is 1. The second-order valence-corrected chi connectivity index (χ2v) is 5.45. The van der Waals surface area contributed by atoms with Crippen LogP contribution >= 0.6 is 11.6 Å². The molecule has 1 atom stereocenters. The molecule has 4 nitrogen and oxygen atoms in total. The van der Waals surface area contributed by atoms with Gasteiger partial charge in [-0.3, -0.25) is 0 Å². The maximum atomic E-state index is 13.8. The Morgan fingerprint density at radius 2 is 2.30 bits per heavy atom. The van der Waals surface area contributed by atoms with Crippen molar-refractivity contribution in [3.05, 3.63) is 46.3 Å². The van der Waals surface area contributed by atoms with Crippen LogP contribution in [0.3, 0.4) is 0 Å². The fourth-order valence-electron chi connectivity index (χ4n) is 2.53. The highest BCUT2D eigenvalue weighted by Crippen LogP contribution is 2.21. The zero-order valence-electron chi connectivity index (χ0n) is 11.2. The second kappa shape index (κ2) is 5.50. The Morgan fingerprint density at radius 1 is 1.45 bits per heavy atom. The van der Waals surface area contributed by atoms with E-state index in [1.54, 1.807) is 18.2 Å². The third-order valence-corrected chi connectivity index (χ3v) is 3.95. The Morgan fingerprint density at radius 3 is 3.15 bits per heavy atom. The van der Waals surface area contributed by atoms with Crippen LogP contribution in [0.4, 0.5) is 4.39 Å². The van der Waals surface area contributed by atoms with E-state index in [1.165, 1.54) is 0 Å². The van der Waals surface area contributed by atoms with Gasteiger partial charge in [-0.1, -0.05) is 23.7 Å². The predicted molar refractivity (Wildman–Crippen MR) is 75.0 cm³/mol. The quantitative estimate of drug-likeness (QED) is 0.943. The molecule has 1 aromatic heterocycles. The molecule has 1 aromatic carbocycles. The van der Waals surface area contributed by atoms with Crippen LogP contribution in [0, 0.1) is 5.82 Å². The summed E-state index contributed by atoms with van der Waals surface area (Å²) in [5, 5.41) is 11.8. The first-order valence-electron chi connectivity index (χ1n) is 6.75. The first-order valence-corrected chi connectivity index (χ1v) is 7.13. The van der Waals surface area contributed by atoms with Crippen LogP contribution in [0.15, 0.2) is 18.2 Å². The number of nitrogens with zero attached hydrogens (tertiary/aromatic N) is 3. The van der Waals surface area contributed by atoms with Gasteiger partial charge in [-0.25, -0.2) is 4.39 Å². The molecular weight excluding hydrogens is 279 g/mol. The van der Waals surface area contributed by atoms with Crippen LogP contribution in [0.1, 0.15) is 36.6 Å². The topological polar surface area (TPSA) is 42.7 Å². The summed E-state index contributed by atoms with van der Waals surface area (Å²) < 4.78 is 16.0. The van der Waals surface area contributed by atoms with Crippen LogP contribution < -0.4 is 5.32 Å². The van der Waals surface area contributed by atoms with E-state index in [1.807, 2.05) is 6.92 Å². The Bertz CT molecular complexity index is 626. The monoisotopic (exact) mass is 294 g/mol. The molecule has 2 heterocycles. The van der Waals surface area contributed by atoms with E-state index in [2.05, 4.69) is 20.1 Å². The summed E-state index contributed by atoms with van der Waals surface area (Å²) in [5.74, 6) is 1.60. The first kappa shape index (κ1) is 13.5. The first-order chi connectivity index (χ1) is 9.66. The van der Waals surface area contributed by atoms with E-state index in [9.17, 15) is 4.39 Å². The minimum absolute atomic E-state index is 0.0210. The highest BCUT2D eigenvalue weighted by molar-refractivity contribution is 6.30. The van der Waals surface area contributed by atoms with Crippen LogP contribution in [0.25, 0.3) is 0 Å². The smallest absolute Gasteiger partial charge is 0.149 e. The van der Waals surface area contributed by atoms with Crippen molar-refractivity contribution < 1.29 is 4.39 Å². The van der Waals surface area contributed by atoms with Gasteiger partial charge in [0.15, 0.2) is 0 Å². The molecule has 106 valence electrons. The molecule has 3 rings (SSSR count). The minimum atomic E-state index is -0.361. The molecule has 6 heteroatoms. The van der Waals surface area contributed by atoms with Gasteiger partial charge in [-0.05, 0) is 19.4 Å². The molecule has 0 bridgehead atoms. The van der Waals surface area contributed by atoms with Gasteiger partial charge in [0, 0.05) is 25.1 Å². The van der Waals surface area contributed by atoms with E-state index < -0.39 is 0 Å². The lowest BCUT2D eigenvalue weighted by molar-refractivity contribution is 0.503. The molecular formula is C14H16ClFN4. The van der Waals surface area contributed by atoms with E-state index in [0.29, 0.717) is 12.1 Å². The third kappa shape index (κ3) is 2.43. The van der Waals surface area contributed by atoms with E-state index >= 15 is 0 Å². The maximum absolute atomic E-state index is 13.8. The summed E-state index contributed by atoms with van der Waals surface area (Å²) in [7, 11) is 0. The van der Waals surface area contributed by atoms with Crippen molar-refractivity contribution in [2.75, 3.05) is 0 Å². The zero-order valence-corrected chi connectivity index (χ0v) is 12.0. The lowest BCUT2D eigenvalue weighted by Crippen LogP contribution is -2.22. The standard InChI is InChI=1S/C14H16ClFN4/c1-9(14-19-18-12-6-3-7-20(12)14)17-8-10-4-2-5-11(15)13(10)16/h2,4-5,9,17H,3,6-8H2,1H3. The SMILES string of the molecule is CC(NCc1cccc(Cl)c1F)c1nnc2n1CCC2. The average molecular weight is 295 g/mol. The maximum Gasteiger partial charge on any atom is 0.149 e. The number of benzene rings is 1. The van der Waals surface area contributed by atoms with Gasteiger partial charge in [0.25, 0.3) is 0 Å². The van der Waals surface area contributed by atoms with Gasteiger partial charge in [-0.2, -0.15) is 0 Å². The van der Waals surface area contributed by atoms with Gasteiger partial charge in [-0.15, -0.1) is 10.2 Å². The molecule has 0 radical (unpaired) electrons. The molecule has 0 amide bonds. The van der Waals surface area contributed by atoms with Crippen molar-refractivity contribution >= 4 is 11.6 Å². The summed E-state index contributed by atoms with van der Waals surface area (Å²) in [5.41, 5.74) is 0.561. The number of fused-ring (bicyclic) bond motifs is 1. The van der Waals surface area contributed by atoms with Gasteiger partial charge in [0.05, 0.1) is 11.1 Å². The Balaban J connectivity index is 1.70. The number of halogens is 2. The number of aromatic nitrogens is 3. The summed E-state index contributed by atoms with van der Waals surface area (Å²) in [6.45, 7) is 3.39. The highest BCUT2D eigenvalue weighted by Gasteiger charge is 2.21. The molecule has 1 aliphatic heterocycles. The molecule has 0 saturated heterocycles. The van der Waals surface area contributed by atoms with Crippen LogP contribution in [0.5, 0.6) is 0 Å². The molecule has 0 spiro atoms. The van der Waals surface area contributed by atoms with Gasteiger partial charge in [0.2, 0.25) is 0 Å². The van der Waals surface area contributed by atoms with Crippen LogP contribution in [-0.4, -0.2) is 14.8 Å². The molecule has 20 heavy (non-hydrogen) atoms. The summed E-state index contributed by atoms with van der Waals surface area (Å²) in [6.07, 6.45) is 2.11. The lowest BCUT2D eigenvalue weighted by Gasteiger charge is -2.14. The summed E-state index contributed by atoms with van der Waals surface area (Å²) in [6, 6.07) is 5.06. The Kier molecular flexibility index (Phi) is 3.72. The largest absolute Gasteiger partial charge is 0.314 e. The summed E-state index contributed by atoms with van der Waals surface area (Å²) in [4.78, 5) is 0. The Labute approximate surface area is 122 Å². The minimum Gasteiger partial charge on any atom is -0.314 e. The molecule has 1 unspecified atom stereocenters. The zero-order chi connectivity index (χ0) is 14.1. The molecule has 2 aromatic rings. The lowest BCUT2D eigenvalue weighted by atomic mass is 10.2. The van der Waals surface area contributed by atoms with Gasteiger partial charge < -0.3 is 9.88 Å². The van der Waals surface area contributed by atoms with Crippen molar-refractivity contribution in [1.29, 1.82) is 0 Å². The second-order valence-electron chi connectivity index (χ2n) is 5.05. The summed E-state index contributed by atoms with van der Waals surface area (Å²) >= 11 is 5.78. The highest BCUT2D eigenvalue weighted by atomic mass is 35.5. The third-order valence-electron chi connectivity index (χ3n) is 3.66. The predicted octanol–water partition coefficient (Wildman–Crippen LogP) is 2.87. The van der Waals surface area contributed by atoms with Crippen LogP contribution in [-0.2, 0) is 19.5 Å². The van der Waals surface area contributed by atoms with Gasteiger partial charge in [0.1, 0.15) is 17.5 Å².